The number of guanidine groups is 2. The number of carbonyl (C=O) groups is 2. The quantitative estimate of drug-likeness (QED) is 0.135. The maximum atomic E-state index is 13.8. The van der Waals surface area contributed by atoms with Gasteiger partial charge in [-0.1, -0.05) is 183 Å². The van der Waals surface area contributed by atoms with E-state index in [2.05, 4.69) is 140 Å². The molecule has 0 saturated heterocycles. The molecule has 0 N–H and O–H groups in total. The van der Waals surface area contributed by atoms with Crippen LogP contribution in [0.25, 0.3) is 22.3 Å². The number of rotatable bonds is 10. The Morgan fingerprint density at radius 1 is 0.493 bits per heavy atom. The van der Waals surface area contributed by atoms with Crippen LogP contribution in [-0.4, -0.2) is 90.9 Å². The standard InChI is InChI=1S/C32H31N5O.C31H29N5O/c1-35-30(38)28-29(37-22-32(34-31(35)37)18-8-9-19-32)33-27(36(28)21-24-10-4-2-5-11-24)20-23-14-16-26(17-15-23)25-12-6-3-7-13-25;1-34-30(37)28-29(36-26-14-8-13-25(26)32-31(34)36)33-27(35(28)20-22-9-4-2-5-10-22)19-21-15-17-24(18-16-21)23-11-6-3-7-12-23/h2-7,10-17H,8-9,18-22H2,1H3;2-7,9-12,15-18,25-26H,8,13-14,19-20H2,1H3/t;25-,26+/m.1/s1. The number of anilines is 2. The average molecular weight is 989 g/mol. The number of amides is 2. The molecule has 6 aliphatic rings. The van der Waals surface area contributed by atoms with Crippen molar-refractivity contribution < 1.29 is 9.59 Å². The van der Waals surface area contributed by atoms with Crippen LogP contribution in [0.2, 0.25) is 0 Å². The van der Waals surface area contributed by atoms with Crippen molar-refractivity contribution in [3.8, 4) is 22.3 Å². The largest absolute Gasteiger partial charge is 0.317 e. The van der Waals surface area contributed by atoms with Gasteiger partial charge >= 0.3 is 0 Å². The third-order valence-electron chi connectivity index (χ3n) is 16.2. The SMILES string of the molecule is CN1C(=O)c2c(nc(Cc3ccc(-c4ccccc4)cc3)n2Cc2ccccc2)N2C1=N[C@@H]1CCC[C@@H]12.CN1C(=O)c2c(nc(Cc3ccc(-c4ccccc4)cc3)n2Cc2ccccc2)N2CC3(CCCC3)N=C12. The molecule has 14 rings (SSSR count). The summed E-state index contributed by atoms with van der Waals surface area (Å²) in [5, 5.41) is 0. The fourth-order valence-corrected chi connectivity index (χ4v) is 12.3. The molecule has 2 aliphatic carbocycles. The van der Waals surface area contributed by atoms with Crippen LogP contribution in [0.1, 0.15) is 99.8 Å². The second-order valence-corrected chi connectivity index (χ2v) is 21.0. The van der Waals surface area contributed by atoms with Crippen LogP contribution in [0.4, 0.5) is 11.6 Å². The highest BCUT2D eigenvalue weighted by atomic mass is 16.2. The molecule has 374 valence electrons. The van der Waals surface area contributed by atoms with Crippen molar-refractivity contribution in [2.24, 2.45) is 9.98 Å². The number of fused-ring (bicyclic) bond motifs is 8. The molecular weight excluding hydrogens is 929 g/mol. The van der Waals surface area contributed by atoms with Crippen molar-refractivity contribution in [1.29, 1.82) is 0 Å². The third-order valence-corrected chi connectivity index (χ3v) is 16.2. The average Bonchev–Trinajstić information content (AvgIpc) is 4.40. The number of hydrogen-bond acceptors (Lipinski definition) is 8. The van der Waals surface area contributed by atoms with E-state index in [1.807, 2.05) is 62.6 Å². The summed E-state index contributed by atoms with van der Waals surface area (Å²) in [6.45, 7) is 2.01. The number of aliphatic imine (C=N–C) groups is 2. The number of carbonyl (C=O) groups excluding carboxylic acids is 2. The highest BCUT2D eigenvalue weighted by Crippen LogP contribution is 2.44. The summed E-state index contributed by atoms with van der Waals surface area (Å²) in [5.41, 5.74) is 10.7. The van der Waals surface area contributed by atoms with Crippen molar-refractivity contribution >= 4 is 35.4 Å². The third kappa shape index (κ3) is 8.51. The van der Waals surface area contributed by atoms with E-state index in [1.54, 1.807) is 9.80 Å². The van der Waals surface area contributed by atoms with Crippen LogP contribution in [0.15, 0.2) is 180 Å². The molecule has 4 aliphatic heterocycles. The van der Waals surface area contributed by atoms with Gasteiger partial charge in [0.05, 0.1) is 24.2 Å². The van der Waals surface area contributed by atoms with Crippen LogP contribution in [0.3, 0.4) is 0 Å². The Hall–Kier alpha value is -8.38. The zero-order valence-electron chi connectivity index (χ0n) is 42.6. The van der Waals surface area contributed by atoms with E-state index in [1.165, 1.54) is 52.6 Å². The molecule has 2 fully saturated rings. The van der Waals surface area contributed by atoms with Gasteiger partial charge in [0.25, 0.3) is 11.8 Å². The highest BCUT2D eigenvalue weighted by Gasteiger charge is 2.51. The van der Waals surface area contributed by atoms with Crippen molar-refractivity contribution in [1.82, 2.24) is 28.9 Å². The Bertz CT molecular complexity index is 3470. The monoisotopic (exact) mass is 988 g/mol. The summed E-state index contributed by atoms with van der Waals surface area (Å²) in [6.07, 6.45) is 9.18. The smallest absolute Gasteiger partial charge is 0.280 e. The lowest BCUT2D eigenvalue weighted by Crippen LogP contribution is -2.51. The predicted octanol–water partition coefficient (Wildman–Crippen LogP) is 11.1. The second-order valence-electron chi connectivity index (χ2n) is 21.0. The van der Waals surface area contributed by atoms with Gasteiger partial charge in [-0.25, -0.2) is 20.0 Å². The summed E-state index contributed by atoms with van der Waals surface area (Å²) < 4.78 is 4.26. The molecule has 6 heterocycles. The molecule has 6 aromatic carbocycles. The molecule has 2 saturated carbocycles. The van der Waals surface area contributed by atoms with Crippen LogP contribution in [0.5, 0.6) is 0 Å². The Labute approximate surface area is 438 Å². The zero-order chi connectivity index (χ0) is 50.6. The number of nitrogens with zero attached hydrogens (tertiary/aromatic N) is 10. The molecule has 2 atom stereocenters. The van der Waals surface area contributed by atoms with E-state index in [-0.39, 0.29) is 23.4 Å². The minimum absolute atomic E-state index is 0.0286. The fourth-order valence-electron chi connectivity index (χ4n) is 12.3. The van der Waals surface area contributed by atoms with Gasteiger partial charge in [0.2, 0.25) is 11.9 Å². The van der Waals surface area contributed by atoms with Crippen molar-refractivity contribution in [3.63, 3.8) is 0 Å². The molecule has 12 nitrogen and oxygen atoms in total. The van der Waals surface area contributed by atoms with Crippen LogP contribution < -0.4 is 9.80 Å². The molecule has 2 aromatic heterocycles. The minimum atomic E-state index is -0.0812. The highest BCUT2D eigenvalue weighted by molar-refractivity contribution is 6.19. The first-order valence-corrected chi connectivity index (χ1v) is 26.6. The van der Waals surface area contributed by atoms with E-state index in [4.69, 9.17) is 20.0 Å². The van der Waals surface area contributed by atoms with Gasteiger partial charge < -0.3 is 9.13 Å². The van der Waals surface area contributed by atoms with E-state index >= 15 is 0 Å². The number of hydrogen-bond donors (Lipinski definition) is 0. The summed E-state index contributed by atoms with van der Waals surface area (Å²) in [6, 6.07) is 59.4. The summed E-state index contributed by atoms with van der Waals surface area (Å²) in [4.78, 5) is 55.8. The van der Waals surface area contributed by atoms with E-state index < -0.39 is 0 Å². The summed E-state index contributed by atoms with van der Waals surface area (Å²) >= 11 is 0. The molecule has 12 heteroatoms. The van der Waals surface area contributed by atoms with Gasteiger partial charge in [0.15, 0.2) is 23.0 Å². The fraction of sp³-hybridized carbons (Fsp3) is 0.270. The molecule has 1 spiro atoms. The molecule has 0 radical (unpaired) electrons. The Balaban J connectivity index is 0.000000144. The molecule has 8 aromatic rings. The van der Waals surface area contributed by atoms with Gasteiger partial charge in [-0.05, 0) is 76.6 Å². The lowest BCUT2D eigenvalue weighted by Gasteiger charge is -2.34. The Morgan fingerprint density at radius 2 is 0.947 bits per heavy atom. The molecule has 75 heavy (non-hydrogen) atoms. The van der Waals surface area contributed by atoms with Gasteiger partial charge in [-0.3, -0.25) is 29.2 Å². The second kappa shape index (κ2) is 19.1. The number of benzene rings is 6. The molecule has 0 bridgehead atoms. The van der Waals surface area contributed by atoms with Gasteiger partial charge in [-0.2, -0.15) is 0 Å². The lowest BCUT2D eigenvalue weighted by atomic mass is 9.99. The van der Waals surface area contributed by atoms with Crippen LogP contribution in [-0.2, 0) is 25.9 Å². The van der Waals surface area contributed by atoms with Crippen molar-refractivity contribution in [2.75, 3.05) is 30.4 Å². The maximum absolute atomic E-state index is 13.8. The summed E-state index contributed by atoms with van der Waals surface area (Å²) in [5.74, 6) is 4.82. The first kappa shape index (κ1) is 46.4. The van der Waals surface area contributed by atoms with Gasteiger partial charge in [0, 0.05) is 40.0 Å². The minimum Gasteiger partial charge on any atom is -0.317 e. The van der Waals surface area contributed by atoms with Crippen molar-refractivity contribution in [3.05, 3.63) is 215 Å². The topological polar surface area (TPSA) is 107 Å². The van der Waals surface area contributed by atoms with Crippen LogP contribution >= 0.6 is 0 Å². The lowest BCUT2D eigenvalue weighted by molar-refractivity contribution is 0.0847. The van der Waals surface area contributed by atoms with Gasteiger partial charge in [-0.15, -0.1) is 0 Å². The predicted molar refractivity (Wildman–Crippen MR) is 296 cm³/mol. The van der Waals surface area contributed by atoms with Crippen LogP contribution in [0, 0.1) is 0 Å². The number of imidazole rings is 2. The van der Waals surface area contributed by atoms with E-state index in [0.717, 1.165) is 78.6 Å². The molecule has 2 amide bonds. The molecule has 0 unspecified atom stereocenters. The van der Waals surface area contributed by atoms with E-state index in [9.17, 15) is 9.59 Å². The molecular formula is C63H60N10O2. The van der Waals surface area contributed by atoms with E-state index in [0.29, 0.717) is 43.4 Å². The van der Waals surface area contributed by atoms with Crippen molar-refractivity contribution in [2.45, 2.75) is 88.5 Å². The maximum Gasteiger partial charge on any atom is 0.280 e. The summed E-state index contributed by atoms with van der Waals surface area (Å²) in [7, 11) is 3.70. The number of aromatic nitrogens is 4. The first-order chi connectivity index (χ1) is 36.8. The Morgan fingerprint density at radius 3 is 1.47 bits per heavy atom. The van der Waals surface area contributed by atoms with Gasteiger partial charge in [0.1, 0.15) is 11.6 Å². The first-order valence-electron chi connectivity index (χ1n) is 26.6. The zero-order valence-corrected chi connectivity index (χ0v) is 42.6. The Kier molecular flexibility index (Phi) is 11.8. The normalized spacial score (nSPS) is 18.8.